The number of nitrogens with zero attached hydrogens (tertiary/aromatic N) is 4. The molecule has 0 radical (unpaired) electrons. The van der Waals surface area contributed by atoms with E-state index in [1.165, 1.54) is 18.6 Å². The lowest BCUT2D eigenvalue weighted by molar-refractivity contribution is 0.423. The van der Waals surface area contributed by atoms with Crippen molar-refractivity contribution < 1.29 is 17.6 Å². The van der Waals surface area contributed by atoms with Crippen LogP contribution < -0.4 is 10.6 Å². The van der Waals surface area contributed by atoms with Crippen LogP contribution in [0.25, 0.3) is 22.3 Å². The fourth-order valence-corrected chi connectivity index (χ4v) is 4.20. The third kappa shape index (κ3) is 4.30. The summed E-state index contributed by atoms with van der Waals surface area (Å²) in [5.41, 5.74) is 0.473. The zero-order chi connectivity index (χ0) is 22.9. The molecular weight excluding hydrogens is 438 g/mol. The van der Waals surface area contributed by atoms with E-state index >= 15 is 0 Å². The number of nitrogens with one attached hydrogen (secondary N) is 3. The Balaban J connectivity index is 1.36. The predicted molar refractivity (Wildman–Crippen MR) is 114 cm³/mol. The van der Waals surface area contributed by atoms with E-state index in [0.717, 1.165) is 37.7 Å². The summed E-state index contributed by atoms with van der Waals surface area (Å²) in [7, 11) is 0. The first-order valence-electron chi connectivity index (χ1n) is 10.5. The van der Waals surface area contributed by atoms with Gasteiger partial charge in [-0.3, -0.25) is 0 Å². The molecule has 3 aromatic heterocycles. The molecule has 2 unspecified atom stereocenters. The molecule has 1 aliphatic rings. The van der Waals surface area contributed by atoms with E-state index in [1.54, 1.807) is 0 Å². The van der Waals surface area contributed by atoms with Crippen molar-refractivity contribution in [1.82, 2.24) is 24.9 Å². The summed E-state index contributed by atoms with van der Waals surface area (Å²) in [6.45, 7) is 0. The fourth-order valence-electron chi connectivity index (χ4n) is 4.20. The molecule has 4 aromatic rings. The summed E-state index contributed by atoms with van der Waals surface area (Å²) in [5, 5.41) is 6.44. The first-order valence-corrected chi connectivity index (χ1v) is 10.5. The van der Waals surface area contributed by atoms with E-state index in [1.807, 2.05) is 0 Å². The Morgan fingerprint density at radius 2 is 1.64 bits per heavy atom. The van der Waals surface area contributed by atoms with Gasteiger partial charge in [-0.05, 0) is 31.7 Å². The van der Waals surface area contributed by atoms with Gasteiger partial charge in [0.25, 0.3) is 0 Å². The van der Waals surface area contributed by atoms with Crippen molar-refractivity contribution in [2.45, 2.75) is 37.8 Å². The molecule has 11 heteroatoms. The van der Waals surface area contributed by atoms with Crippen molar-refractivity contribution in [3.05, 3.63) is 60.3 Å². The molecular formula is C22H19F4N7. The Morgan fingerprint density at radius 3 is 2.42 bits per heavy atom. The SMILES string of the molecule is Fc1cc(F)c2[nH]cc(-c3ncc(F)c(NC4CCCC(Nc5ncncc5F)C4)n3)c2c1. The Morgan fingerprint density at radius 1 is 0.879 bits per heavy atom. The van der Waals surface area contributed by atoms with Crippen LogP contribution in [0, 0.1) is 23.3 Å². The first kappa shape index (κ1) is 21.1. The number of H-pyrrole nitrogens is 1. The highest BCUT2D eigenvalue weighted by Crippen LogP contribution is 2.30. The molecule has 5 rings (SSSR count). The summed E-state index contributed by atoms with van der Waals surface area (Å²) in [6.07, 6.45) is 7.85. The normalized spacial score (nSPS) is 18.4. The zero-order valence-electron chi connectivity index (χ0n) is 17.2. The number of aromatic amines is 1. The first-order chi connectivity index (χ1) is 16.0. The number of benzene rings is 1. The van der Waals surface area contributed by atoms with Crippen LogP contribution in [0.5, 0.6) is 0 Å². The Kier molecular flexibility index (Phi) is 5.53. The number of halogens is 4. The van der Waals surface area contributed by atoms with Crippen molar-refractivity contribution in [3.63, 3.8) is 0 Å². The number of aromatic nitrogens is 5. The molecule has 33 heavy (non-hydrogen) atoms. The Labute approximate surface area is 185 Å². The highest BCUT2D eigenvalue weighted by Gasteiger charge is 2.25. The number of anilines is 2. The molecule has 0 aliphatic heterocycles. The molecule has 3 heterocycles. The maximum atomic E-state index is 14.5. The second kappa shape index (κ2) is 8.64. The number of hydrogen-bond donors (Lipinski definition) is 3. The van der Waals surface area contributed by atoms with Gasteiger partial charge in [-0.25, -0.2) is 37.5 Å². The molecule has 3 N–H and O–H groups in total. The third-order valence-electron chi connectivity index (χ3n) is 5.71. The molecule has 0 bridgehead atoms. The monoisotopic (exact) mass is 457 g/mol. The molecule has 1 saturated carbocycles. The van der Waals surface area contributed by atoms with Gasteiger partial charge in [0.05, 0.1) is 17.9 Å². The van der Waals surface area contributed by atoms with Gasteiger partial charge in [-0.1, -0.05) is 0 Å². The average Bonchev–Trinajstić information content (AvgIpc) is 3.21. The Bertz CT molecular complexity index is 1310. The van der Waals surface area contributed by atoms with E-state index in [2.05, 4.69) is 35.6 Å². The van der Waals surface area contributed by atoms with Crippen molar-refractivity contribution in [3.8, 4) is 11.4 Å². The van der Waals surface area contributed by atoms with Crippen LogP contribution in [0.15, 0.2) is 37.1 Å². The number of rotatable bonds is 5. The van der Waals surface area contributed by atoms with Crippen LogP contribution in [-0.4, -0.2) is 37.0 Å². The van der Waals surface area contributed by atoms with Crippen molar-refractivity contribution in [1.29, 1.82) is 0 Å². The van der Waals surface area contributed by atoms with Gasteiger partial charge in [-0.15, -0.1) is 0 Å². The lowest BCUT2D eigenvalue weighted by Crippen LogP contribution is -2.35. The van der Waals surface area contributed by atoms with Gasteiger partial charge < -0.3 is 15.6 Å². The second-order valence-electron chi connectivity index (χ2n) is 7.97. The van der Waals surface area contributed by atoms with Crippen LogP contribution in [0.1, 0.15) is 25.7 Å². The van der Waals surface area contributed by atoms with Crippen molar-refractivity contribution >= 4 is 22.5 Å². The molecule has 0 saturated heterocycles. The van der Waals surface area contributed by atoms with Gasteiger partial charge in [0.15, 0.2) is 29.1 Å². The quantitative estimate of drug-likeness (QED) is 0.373. The molecule has 7 nitrogen and oxygen atoms in total. The predicted octanol–water partition coefficient (Wildman–Crippen LogP) is 4.81. The summed E-state index contributed by atoms with van der Waals surface area (Å²) in [5.74, 6) is -2.41. The van der Waals surface area contributed by atoms with Crippen LogP contribution in [0.3, 0.4) is 0 Å². The summed E-state index contributed by atoms with van der Waals surface area (Å²) >= 11 is 0. The number of fused-ring (bicyclic) bond motifs is 1. The van der Waals surface area contributed by atoms with Gasteiger partial charge in [-0.2, -0.15) is 0 Å². The lowest BCUT2D eigenvalue weighted by atomic mass is 9.91. The maximum absolute atomic E-state index is 14.5. The molecule has 2 atom stereocenters. The molecule has 0 spiro atoms. The van der Waals surface area contributed by atoms with Gasteiger partial charge >= 0.3 is 0 Å². The fraction of sp³-hybridized carbons (Fsp3) is 0.273. The topological polar surface area (TPSA) is 91.4 Å². The molecule has 1 fully saturated rings. The van der Waals surface area contributed by atoms with Gasteiger partial charge in [0, 0.05) is 35.3 Å². The van der Waals surface area contributed by atoms with E-state index in [0.29, 0.717) is 12.0 Å². The minimum absolute atomic E-state index is 0.00917. The third-order valence-corrected chi connectivity index (χ3v) is 5.71. The molecule has 170 valence electrons. The molecule has 1 aliphatic carbocycles. The maximum Gasteiger partial charge on any atom is 0.183 e. The van der Waals surface area contributed by atoms with E-state index in [9.17, 15) is 17.6 Å². The van der Waals surface area contributed by atoms with Gasteiger partial charge in [0.2, 0.25) is 0 Å². The van der Waals surface area contributed by atoms with Crippen LogP contribution in [0.2, 0.25) is 0 Å². The highest BCUT2D eigenvalue weighted by molar-refractivity contribution is 5.94. The van der Waals surface area contributed by atoms with Gasteiger partial charge in [0.1, 0.15) is 18.0 Å². The summed E-state index contributed by atoms with van der Waals surface area (Å²) in [6, 6.07) is 1.76. The van der Waals surface area contributed by atoms with Crippen molar-refractivity contribution in [2.24, 2.45) is 0 Å². The zero-order valence-corrected chi connectivity index (χ0v) is 17.2. The van der Waals surface area contributed by atoms with Crippen LogP contribution in [0.4, 0.5) is 29.2 Å². The number of hydrogen-bond acceptors (Lipinski definition) is 6. The highest BCUT2D eigenvalue weighted by atomic mass is 19.1. The average molecular weight is 457 g/mol. The summed E-state index contributed by atoms with van der Waals surface area (Å²) in [4.78, 5) is 18.6. The second-order valence-corrected chi connectivity index (χ2v) is 7.97. The standard InChI is InChI=1S/C22H19F4N7/c23-11-4-14-15(7-28-19(14)16(24)5-11)20-29-9-18(26)22(33-20)32-13-3-1-2-12(6-13)31-21-17(25)8-27-10-30-21/h4-5,7-10,12-13,28H,1-3,6H2,(H,27,30,31)(H,29,32,33). The minimum atomic E-state index is -0.738. The smallest absolute Gasteiger partial charge is 0.183 e. The van der Waals surface area contributed by atoms with E-state index in [-0.39, 0.29) is 40.4 Å². The van der Waals surface area contributed by atoms with Crippen LogP contribution >= 0.6 is 0 Å². The van der Waals surface area contributed by atoms with Crippen LogP contribution in [-0.2, 0) is 0 Å². The largest absolute Gasteiger partial charge is 0.365 e. The lowest BCUT2D eigenvalue weighted by Gasteiger charge is -2.31. The molecule has 1 aromatic carbocycles. The van der Waals surface area contributed by atoms with Crippen molar-refractivity contribution in [2.75, 3.05) is 10.6 Å². The summed E-state index contributed by atoms with van der Waals surface area (Å²) < 4.78 is 56.1. The minimum Gasteiger partial charge on any atom is -0.365 e. The Hall–Kier alpha value is -3.76. The molecule has 0 amide bonds. The van der Waals surface area contributed by atoms with E-state index in [4.69, 9.17) is 0 Å². The van der Waals surface area contributed by atoms with E-state index < -0.39 is 23.3 Å².